The van der Waals surface area contributed by atoms with Gasteiger partial charge in [0.2, 0.25) is 0 Å². The summed E-state index contributed by atoms with van der Waals surface area (Å²) in [6.45, 7) is 2.04. The number of hydrogen-bond donors (Lipinski definition) is 2. The third-order valence-corrected chi connectivity index (χ3v) is 1.81. The maximum Gasteiger partial charge on any atom is 0.489 e. The molecule has 3 heteroatoms. The second-order valence-electron chi connectivity index (χ2n) is 2.81. The molecule has 0 radical (unpaired) electrons. The lowest BCUT2D eigenvalue weighted by Crippen LogP contribution is -2.31. The van der Waals surface area contributed by atoms with E-state index < -0.39 is 7.12 Å². The zero-order valence-electron chi connectivity index (χ0n) is 7.64. The molecule has 1 aromatic carbocycles. The molecule has 2 N–H and O–H groups in total. The van der Waals surface area contributed by atoms with Crippen molar-refractivity contribution in [3.63, 3.8) is 0 Å². The molecule has 2 nitrogen and oxygen atoms in total. The first-order valence-electron chi connectivity index (χ1n) is 4.37. The van der Waals surface area contributed by atoms with Crippen LogP contribution in [0.5, 0.6) is 0 Å². The topological polar surface area (TPSA) is 40.5 Å². The van der Waals surface area contributed by atoms with Gasteiger partial charge in [-0.05, 0) is 17.4 Å². The van der Waals surface area contributed by atoms with E-state index in [-0.39, 0.29) is 0 Å². The van der Waals surface area contributed by atoms with E-state index in [1.807, 2.05) is 31.2 Å². The average Bonchev–Trinajstić information content (AvgIpc) is 2.15. The summed E-state index contributed by atoms with van der Waals surface area (Å²) in [6, 6.07) is 7.24. The molecule has 0 fully saturated rings. The molecule has 1 aromatic rings. The summed E-state index contributed by atoms with van der Waals surface area (Å²) < 4.78 is 0. The monoisotopic (exact) mass is 176 g/mol. The Balaban J connectivity index is 2.97. The predicted octanol–water partition coefficient (Wildman–Crippen LogP) is 0.790. The van der Waals surface area contributed by atoms with Gasteiger partial charge in [-0.2, -0.15) is 0 Å². The molecule has 0 bridgehead atoms. The van der Waals surface area contributed by atoms with E-state index in [0.29, 0.717) is 5.46 Å². The van der Waals surface area contributed by atoms with Crippen molar-refractivity contribution in [2.75, 3.05) is 0 Å². The minimum Gasteiger partial charge on any atom is -0.423 e. The van der Waals surface area contributed by atoms with Crippen LogP contribution in [-0.2, 0) is 0 Å². The van der Waals surface area contributed by atoms with Gasteiger partial charge in [0.05, 0.1) is 0 Å². The van der Waals surface area contributed by atoms with Crippen molar-refractivity contribution in [1.29, 1.82) is 0 Å². The summed E-state index contributed by atoms with van der Waals surface area (Å²) in [6.07, 6.45) is 4.83. The van der Waals surface area contributed by atoms with Crippen LogP contribution in [0.2, 0.25) is 0 Å². The third-order valence-electron chi connectivity index (χ3n) is 1.81. The predicted molar refractivity (Wildman–Crippen MR) is 55.6 cm³/mol. The van der Waals surface area contributed by atoms with E-state index in [1.165, 1.54) is 0 Å². The molecule has 0 aliphatic rings. The number of rotatable bonds is 3. The lowest BCUT2D eigenvalue weighted by Gasteiger charge is -2.03. The zero-order chi connectivity index (χ0) is 9.68. The van der Waals surface area contributed by atoms with E-state index in [9.17, 15) is 0 Å². The molecule has 0 atom stereocenters. The van der Waals surface area contributed by atoms with Crippen LogP contribution in [-0.4, -0.2) is 17.2 Å². The minimum absolute atomic E-state index is 0.548. The molecular weight excluding hydrogens is 163 g/mol. The largest absolute Gasteiger partial charge is 0.489 e. The SMILES string of the molecule is CCC=Cc1ccccc1B(O)O. The standard InChI is InChI=1S/C10H13BO2/c1-2-3-6-9-7-4-5-8-10(9)11(12)13/h3-8,12-13H,2H2,1H3. The van der Waals surface area contributed by atoms with E-state index >= 15 is 0 Å². The van der Waals surface area contributed by atoms with Gasteiger partial charge in [0.25, 0.3) is 0 Å². The highest BCUT2D eigenvalue weighted by Crippen LogP contribution is 2.00. The summed E-state index contributed by atoms with van der Waals surface area (Å²) >= 11 is 0. The molecule has 0 heterocycles. The van der Waals surface area contributed by atoms with E-state index in [4.69, 9.17) is 10.0 Å². The summed E-state index contributed by atoms with van der Waals surface area (Å²) in [4.78, 5) is 0. The fourth-order valence-electron chi connectivity index (χ4n) is 1.14. The number of allylic oxidation sites excluding steroid dienone is 1. The highest BCUT2D eigenvalue weighted by molar-refractivity contribution is 6.59. The Morgan fingerprint density at radius 2 is 2.00 bits per heavy atom. The lowest BCUT2D eigenvalue weighted by atomic mass is 9.77. The Hall–Kier alpha value is -1.06. The summed E-state index contributed by atoms with van der Waals surface area (Å²) in [5, 5.41) is 18.1. The van der Waals surface area contributed by atoms with Gasteiger partial charge in [0.15, 0.2) is 0 Å². The van der Waals surface area contributed by atoms with Crippen molar-refractivity contribution >= 4 is 18.7 Å². The quantitative estimate of drug-likeness (QED) is 0.668. The molecule has 0 saturated heterocycles. The maximum absolute atomic E-state index is 9.03. The number of benzene rings is 1. The lowest BCUT2D eigenvalue weighted by molar-refractivity contribution is 0.425. The first-order valence-corrected chi connectivity index (χ1v) is 4.37. The van der Waals surface area contributed by atoms with Gasteiger partial charge in [-0.25, -0.2) is 0 Å². The second-order valence-corrected chi connectivity index (χ2v) is 2.81. The van der Waals surface area contributed by atoms with Crippen LogP contribution in [0.4, 0.5) is 0 Å². The Labute approximate surface area is 78.7 Å². The van der Waals surface area contributed by atoms with E-state index in [1.54, 1.807) is 12.1 Å². The van der Waals surface area contributed by atoms with Gasteiger partial charge < -0.3 is 10.0 Å². The molecule has 0 aliphatic carbocycles. The Bertz CT molecular complexity index is 295. The Kier molecular flexibility index (Phi) is 3.74. The van der Waals surface area contributed by atoms with Gasteiger partial charge >= 0.3 is 7.12 Å². The maximum atomic E-state index is 9.03. The van der Waals surface area contributed by atoms with Crippen LogP contribution in [0.25, 0.3) is 6.08 Å². The van der Waals surface area contributed by atoms with Crippen molar-refractivity contribution in [2.45, 2.75) is 13.3 Å². The second kappa shape index (κ2) is 4.85. The average molecular weight is 176 g/mol. The smallest absolute Gasteiger partial charge is 0.423 e. The van der Waals surface area contributed by atoms with Gasteiger partial charge in [-0.15, -0.1) is 0 Å². The van der Waals surface area contributed by atoms with E-state index in [2.05, 4.69) is 0 Å². The highest BCUT2D eigenvalue weighted by atomic mass is 16.4. The zero-order valence-corrected chi connectivity index (χ0v) is 7.64. The molecule has 0 unspecified atom stereocenters. The van der Waals surface area contributed by atoms with Crippen LogP contribution >= 0.6 is 0 Å². The molecule has 0 saturated carbocycles. The van der Waals surface area contributed by atoms with Crippen LogP contribution < -0.4 is 5.46 Å². The minimum atomic E-state index is -1.39. The number of hydrogen-bond acceptors (Lipinski definition) is 2. The summed E-state index contributed by atoms with van der Waals surface area (Å²) in [5.41, 5.74) is 1.41. The molecule has 0 aliphatic heterocycles. The first-order chi connectivity index (χ1) is 6.25. The highest BCUT2D eigenvalue weighted by Gasteiger charge is 2.12. The molecule has 0 aromatic heterocycles. The van der Waals surface area contributed by atoms with Crippen molar-refractivity contribution in [2.24, 2.45) is 0 Å². The Morgan fingerprint density at radius 3 is 2.62 bits per heavy atom. The fourth-order valence-corrected chi connectivity index (χ4v) is 1.14. The first kappa shape index (κ1) is 10.0. The van der Waals surface area contributed by atoms with Crippen LogP contribution in [0.1, 0.15) is 18.9 Å². The van der Waals surface area contributed by atoms with Crippen molar-refractivity contribution in [3.05, 3.63) is 35.9 Å². The Morgan fingerprint density at radius 1 is 1.31 bits per heavy atom. The molecule has 0 spiro atoms. The summed E-state index contributed by atoms with van der Waals surface area (Å²) in [5.74, 6) is 0. The van der Waals surface area contributed by atoms with Crippen LogP contribution in [0.15, 0.2) is 30.3 Å². The van der Waals surface area contributed by atoms with Crippen molar-refractivity contribution in [1.82, 2.24) is 0 Å². The van der Waals surface area contributed by atoms with Gasteiger partial charge in [0, 0.05) is 0 Å². The third kappa shape index (κ3) is 2.72. The molecule has 68 valence electrons. The van der Waals surface area contributed by atoms with Gasteiger partial charge in [0.1, 0.15) is 0 Å². The van der Waals surface area contributed by atoms with E-state index in [0.717, 1.165) is 12.0 Å². The van der Waals surface area contributed by atoms with Crippen LogP contribution in [0.3, 0.4) is 0 Å². The molecular formula is C10H13BO2. The summed E-state index contributed by atoms with van der Waals surface area (Å²) in [7, 11) is -1.39. The van der Waals surface area contributed by atoms with Crippen LogP contribution in [0, 0.1) is 0 Å². The normalized spacial score (nSPS) is 10.7. The van der Waals surface area contributed by atoms with Crippen molar-refractivity contribution in [3.8, 4) is 0 Å². The molecule has 0 amide bonds. The van der Waals surface area contributed by atoms with Crippen molar-refractivity contribution < 1.29 is 10.0 Å². The van der Waals surface area contributed by atoms with Gasteiger partial charge in [-0.1, -0.05) is 43.3 Å². The molecule has 1 rings (SSSR count). The molecule has 13 heavy (non-hydrogen) atoms. The van der Waals surface area contributed by atoms with Gasteiger partial charge in [-0.3, -0.25) is 0 Å². The fraction of sp³-hybridized carbons (Fsp3) is 0.200.